The predicted molar refractivity (Wildman–Crippen MR) is 106 cm³/mol. The van der Waals surface area contributed by atoms with E-state index in [0.717, 1.165) is 18.4 Å². The Hall–Kier alpha value is -3.07. The fourth-order valence-corrected chi connectivity index (χ4v) is 4.02. The lowest BCUT2D eigenvalue weighted by atomic mass is 10.1. The SMILES string of the molecule is CS(=O)(=O)c1ccccc1ONC(=O)C1CCCN1c1cccc(C(=N)N)c1. The number of hydrogen-bond acceptors (Lipinski definition) is 6. The standard InChI is InChI=1S/C19H22N4O4S/c1-28(25,26)17-10-3-2-9-16(17)27-22-19(24)15-8-5-11-23(15)14-7-4-6-13(12-14)18(20)21/h2-4,6-7,9-10,12,15H,5,8,11H2,1H3,(H3,20,21)(H,22,24). The zero-order chi connectivity index (χ0) is 20.3. The van der Waals surface area contributed by atoms with E-state index in [1.807, 2.05) is 11.0 Å². The molecule has 9 heteroatoms. The van der Waals surface area contributed by atoms with Crippen LogP contribution in [0, 0.1) is 5.41 Å². The van der Waals surface area contributed by atoms with Gasteiger partial charge in [-0.3, -0.25) is 10.2 Å². The maximum Gasteiger partial charge on any atom is 0.275 e. The number of nitrogens with two attached hydrogens (primary N) is 1. The second-order valence-electron chi connectivity index (χ2n) is 6.60. The number of amidine groups is 1. The molecule has 1 unspecified atom stereocenters. The molecule has 4 N–H and O–H groups in total. The Labute approximate surface area is 163 Å². The third-order valence-corrected chi connectivity index (χ3v) is 5.69. The lowest BCUT2D eigenvalue weighted by molar-refractivity contribution is -0.128. The van der Waals surface area contributed by atoms with Gasteiger partial charge in [0.1, 0.15) is 16.8 Å². The van der Waals surface area contributed by atoms with E-state index in [0.29, 0.717) is 18.5 Å². The van der Waals surface area contributed by atoms with Crippen LogP contribution in [-0.2, 0) is 14.6 Å². The number of carbonyl (C=O) groups excluding carboxylic acids is 1. The van der Waals surface area contributed by atoms with Gasteiger partial charge in [-0.1, -0.05) is 24.3 Å². The summed E-state index contributed by atoms with van der Waals surface area (Å²) in [6.07, 6.45) is 2.53. The van der Waals surface area contributed by atoms with Crippen LogP contribution in [0.5, 0.6) is 5.75 Å². The largest absolute Gasteiger partial charge is 0.384 e. The van der Waals surface area contributed by atoms with E-state index in [2.05, 4.69) is 5.48 Å². The van der Waals surface area contributed by atoms with Gasteiger partial charge in [0, 0.05) is 24.1 Å². The quantitative estimate of drug-likeness (QED) is 0.381. The van der Waals surface area contributed by atoms with Crippen LogP contribution in [0.25, 0.3) is 0 Å². The van der Waals surface area contributed by atoms with Gasteiger partial charge in [-0.15, -0.1) is 0 Å². The summed E-state index contributed by atoms with van der Waals surface area (Å²) in [4.78, 5) is 19.9. The van der Waals surface area contributed by atoms with Crippen molar-refractivity contribution in [3.8, 4) is 5.75 Å². The molecule has 1 heterocycles. The van der Waals surface area contributed by atoms with Crippen LogP contribution >= 0.6 is 0 Å². The van der Waals surface area contributed by atoms with E-state index < -0.39 is 15.9 Å². The number of para-hydroxylation sites is 1. The minimum Gasteiger partial charge on any atom is -0.384 e. The molecule has 1 aliphatic rings. The smallest absolute Gasteiger partial charge is 0.275 e. The molecule has 2 aromatic rings. The summed E-state index contributed by atoms with van der Waals surface area (Å²) in [5, 5.41) is 7.58. The maximum atomic E-state index is 12.7. The number of benzene rings is 2. The summed E-state index contributed by atoms with van der Waals surface area (Å²) >= 11 is 0. The summed E-state index contributed by atoms with van der Waals surface area (Å²) in [6.45, 7) is 0.680. The number of anilines is 1. The number of carbonyl (C=O) groups is 1. The van der Waals surface area contributed by atoms with Gasteiger partial charge >= 0.3 is 0 Å². The molecule has 0 aromatic heterocycles. The first-order valence-corrected chi connectivity index (χ1v) is 10.6. The van der Waals surface area contributed by atoms with Crippen LogP contribution in [0.1, 0.15) is 18.4 Å². The van der Waals surface area contributed by atoms with Gasteiger partial charge < -0.3 is 15.5 Å². The first-order valence-electron chi connectivity index (χ1n) is 8.74. The van der Waals surface area contributed by atoms with E-state index in [1.54, 1.807) is 30.3 Å². The van der Waals surface area contributed by atoms with Crippen LogP contribution in [0.3, 0.4) is 0 Å². The van der Waals surface area contributed by atoms with Crippen molar-refractivity contribution >= 4 is 27.3 Å². The van der Waals surface area contributed by atoms with Gasteiger partial charge in [0.15, 0.2) is 15.6 Å². The molecule has 0 spiro atoms. The first-order chi connectivity index (χ1) is 13.3. The van der Waals surface area contributed by atoms with Crippen molar-refractivity contribution in [2.24, 2.45) is 5.73 Å². The van der Waals surface area contributed by atoms with Gasteiger partial charge in [-0.05, 0) is 37.1 Å². The number of sulfone groups is 1. The highest BCUT2D eigenvalue weighted by Gasteiger charge is 2.31. The Morgan fingerprint density at radius 3 is 2.71 bits per heavy atom. The molecule has 1 amide bonds. The monoisotopic (exact) mass is 402 g/mol. The average molecular weight is 402 g/mol. The van der Waals surface area contributed by atoms with Crippen LogP contribution in [0.15, 0.2) is 53.4 Å². The summed E-state index contributed by atoms with van der Waals surface area (Å²) in [5.41, 5.74) is 9.31. The molecule has 0 radical (unpaired) electrons. The van der Waals surface area contributed by atoms with Crippen LogP contribution < -0.4 is 21.0 Å². The summed E-state index contributed by atoms with van der Waals surface area (Å²) in [5.74, 6) is -0.335. The number of nitrogen functional groups attached to an aromatic ring is 1. The lowest BCUT2D eigenvalue weighted by Gasteiger charge is -2.26. The lowest BCUT2D eigenvalue weighted by Crippen LogP contribution is -2.44. The van der Waals surface area contributed by atoms with E-state index in [-0.39, 0.29) is 22.4 Å². The molecular weight excluding hydrogens is 380 g/mol. The summed E-state index contributed by atoms with van der Waals surface area (Å²) in [6, 6.07) is 12.8. The van der Waals surface area contributed by atoms with E-state index in [4.69, 9.17) is 16.0 Å². The van der Waals surface area contributed by atoms with Gasteiger partial charge in [-0.25, -0.2) is 8.42 Å². The Morgan fingerprint density at radius 2 is 2.00 bits per heavy atom. The molecular formula is C19H22N4O4S. The van der Waals surface area contributed by atoms with Crippen LogP contribution in [0.4, 0.5) is 5.69 Å². The predicted octanol–water partition coefficient (Wildman–Crippen LogP) is 1.45. The highest BCUT2D eigenvalue weighted by Crippen LogP contribution is 2.27. The number of hydrogen-bond donors (Lipinski definition) is 3. The Kier molecular flexibility index (Phi) is 5.55. The maximum absolute atomic E-state index is 12.7. The highest BCUT2D eigenvalue weighted by molar-refractivity contribution is 7.90. The van der Waals surface area contributed by atoms with Crippen molar-refractivity contribution in [2.75, 3.05) is 17.7 Å². The van der Waals surface area contributed by atoms with Gasteiger partial charge in [0.2, 0.25) is 0 Å². The third-order valence-electron chi connectivity index (χ3n) is 4.55. The Balaban J connectivity index is 1.74. The minimum absolute atomic E-state index is 0.00716. The Bertz CT molecular complexity index is 1010. The number of hydroxylamine groups is 1. The topological polar surface area (TPSA) is 126 Å². The van der Waals surface area contributed by atoms with Crippen molar-refractivity contribution in [2.45, 2.75) is 23.8 Å². The van der Waals surface area contributed by atoms with E-state index in [9.17, 15) is 13.2 Å². The molecule has 1 saturated heterocycles. The zero-order valence-corrected chi connectivity index (χ0v) is 16.2. The zero-order valence-electron chi connectivity index (χ0n) is 15.4. The number of nitrogens with one attached hydrogen (secondary N) is 2. The van der Waals surface area contributed by atoms with Gasteiger partial charge in [0.05, 0.1) is 0 Å². The molecule has 1 atom stereocenters. The molecule has 1 fully saturated rings. The molecule has 1 aliphatic heterocycles. The second-order valence-corrected chi connectivity index (χ2v) is 8.59. The minimum atomic E-state index is -3.49. The third kappa shape index (κ3) is 4.25. The normalized spacial score (nSPS) is 16.6. The fourth-order valence-electron chi connectivity index (χ4n) is 3.21. The van der Waals surface area contributed by atoms with Crippen molar-refractivity contribution in [3.63, 3.8) is 0 Å². The van der Waals surface area contributed by atoms with Gasteiger partial charge in [-0.2, -0.15) is 5.48 Å². The molecule has 0 saturated carbocycles. The number of amides is 1. The molecule has 0 bridgehead atoms. The van der Waals surface area contributed by atoms with Crippen molar-refractivity contribution in [1.29, 1.82) is 5.41 Å². The molecule has 8 nitrogen and oxygen atoms in total. The highest BCUT2D eigenvalue weighted by atomic mass is 32.2. The average Bonchev–Trinajstić information content (AvgIpc) is 3.15. The number of nitrogens with zero attached hydrogens (tertiary/aromatic N) is 1. The molecule has 28 heavy (non-hydrogen) atoms. The summed E-state index contributed by atoms with van der Waals surface area (Å²) < 4.78 is 23.7. The first kappa shape index (κ1) is 19.7. The van der Waals surface area contributed by atoms with Crippen LogP contribution in [-0.4, -0.2) is 39.0 Å². The van der Waals surface area contributed by atoms with Crippen molar-refractivity contribution in [3.05, 3.63) is 54.1 Å². The van der Waals surface area contributed by atoms with Crippen LogP contribution in [0.2, 0.25) is 0 Å². The molecule has 148 valence electrons. The fraction of sp³-hybridized carbons (Fsp3) is 0.263. The second kappa shape index (κ2) is 7.89. The van der Waals surface area contributed by atoms with E-state index in [1.165, 1.54) is 12.1 Å². The number of rotatable bonds is 6. The molecule has 3 rings (SSSR count). The van der Waals surface area contributed by atoms with Crippen molar-refractivity contribution in [1.82, 2.24) is 5.48 Å². The Morgan fingerprint density at radius 1 is 1.25 bits per heavy atom. The molecule has 0 aliphatic carbocycles. The van der Waals surface area contributed by atoms with Gasteiger partial charge in [0.25, 0.3) is 5.91 Å². The van der Waals surface area contributed by atoms with E-state index >= 15 is 0 Å². The molecule has 2 aromatic carbocycles. The summed E-state index contributed by atoms with van der Waals surface area (Å²) in [7, 11) is -3.49. The van der Waals surface area contributed by atoms with Crippen molar-refractivity contribution < 1.29 is 18.0 Å².